The number of aromatic amines is 2. The minimum absolute atomic E-state index is 0. The second-order valence-corrected chi connectivity index (χ2v) is 22.6. The quantitative estimate of drug-likeness (QED) is 0.168. The van der Waals surface area contributed by atoms with Gasteiger partial charge in [-0.1, -0.05) is 198 Å². The van der Waals surface area contributed by atoms with Crippen molar-refractivity contribution in [2.45, 2.75) is 12.3 Å². The molecule has 16 rings (SSSR count). The summed E-state index contributed by atoms with van der Waals surface area (Å²) >= 11 is 3.32. The standard InChI is InChI=1S/C39H26N2.2C17H11NOS.Be/c1-26-15-18-28(19-16-26)39(35-13-7-5-11-31(35)33-23-27(25-40)17-21-36(33)39)29-20-22-38-34(24-29)32-12-6-8-14-37(32)41(38)30-9-3-2-4-10-30;2*19-15-10-12-6-2-1-5-11(12)9-13(15)17-18-14-7-3-4-8-16(14)20-17;/h2-24H,1H3;2*1-10,19H;/q;;;+2/p+2. The number of aromatic hydroxyl groups is 2. The first-order valence-electron chi connectivity index (χ1n) is 26.9. The maximum atomic E-state index is 10.3. The molecule has 0 aliphatic heterocycles. The third kappa shape index (κ3) is 8.85. The molecule has 1 atom stereocenters. The van der Waals surface area contributed by atoms with E-state index >= 15 is 0 Å². The Kier molecular flexibility index (Phi) is 13.3. The molecular formula is C73H50BeN4O2S2+4. The van der Waals surface area contributed by atoms with Gasteiger partial charge in [-0.25, -0.2) is 0 Å². The molecule has 0 saturated heterocycles. The van der Waals surface area contributed by atoms with E-state index in [9.17, 15) is 15.5 Å². The summed E-state index contributed by atoms with van der Waals surface area (Å²) < 4.78 is 4.74. The van der Waals surface area contributed by atoms with Crippen molar-refractivity contribution in [1.29, 1.82) is 5.26 Å². The average molecular weight is 1090 g/mol. The molecule has 3 heterocycles. The summed E-state index contributed by atoms with van der Waals surface area (Å²) in [6, 6.07) is 92.7. The molecule has 0 spiro atoms. The number of benzene rings is 12. The zero-order valence-corrected chi connectivity index (χ0v) is 46.3. The number of fused-ring (bicyclic) bond motifs is 10. The van der Waals surface area contributed by atoms with E-state index in [1.807, 2.05) is 103 Å². The number of para-hydroxylation sites is 4. The van der Waals surface area contributed by atoms with Gasteiger partial charge in [0.15, 0.2) is 0 Å². The van der Waals surface area contributed by atoms with E-state index in [1.165, 1.54) is 64.6 Å². The fraction of sp³-hybridized carbons (Fsp3) is 0.0274. The fourth-order valence-electron chi connectivity index (χ4n) is 11.9. The second-order valence-electron chi connectivity index (χ2n) is 20.5. The second kappa shape index (κ2) is 21.2. The molecular weight excluding hydrogens is 1040 g/mol. The zero-order chi connectivity index (χ0) is 54.6. The van der Waals surface area contributed by atoms with E-state index in [2.05, 4.69) is 185 Å². The molecule has 15 aromatic rings. The van der Waals surface area contributed by atoms with Gasteiger partial charge in [0.05, 0.1) is 39.2 Å². The minimum Gasteiger partial charge on any atom is -0.507 e. The van der Waals surface area contributed by atoms with Crippen LogP contribution in [0.3, 0.4) is 0 Å². The Balaban J connectivity index is 0.000000128. The number of nitriles is 1. The average Bonchev–Trinajstić information content (AvgIpc) is 3.08. The van der Waals surface area contributed by atoms with Gasteiger partial charge in [0, 0.05) is 28.6 Å². The van der Waals surface area contributed by atoms with E-state index in [0.29, 0.717) is 17.1 Å². The molecule has 0 bridgehead atoms. The Bertz CT molecular complexity index is 4740. The summed E-state index contributed by atoms with van der Waals surface area (Å²) in [5.74, 6) is 0.623. The normalized spacial score (nSPS) is 13.2. The smallest absolute Gasteiger partial charge is 0.507 e. The summed E-state index contributed by atoms with van der Waals surface area (Å²) in [6.07, 6.45) is 0. The first-order chi connectivity index (χ1) is 39.8. The molecule has 0 amide bonds. The van der Waals surface area contributed by atoms with Gasteiger partial charge in [0.2, 0.25) is 11.0 Å². The van der Waals surface area contributed by atoms with Gasteiger partial charge in [0.1, 0.15) is 20.9 Å². The van der Waals surface area contributed by atoms with Crippen LogP contribution in [0.25, 0.3) is 102 Å². The Labute approximate surface area is 485 Å². The van der Waals surface area contributed by atoms with E-state index in [4.69, 9.17) is 0 Å². The van der Waals surface area contributed by atoms with Crippen LogP contribution >= 0.6 is 22.7 Å². The molecule has 4 N–H and O–H groups in total. The van der Waals surface area contributed by atoms with Crippen molar-refractivity contribution in [3.05, 3.63) is 294 Å². The van der Waals surface area contributed by atoms with E-state index in [-0.39, 0.29) is 10.1 Å². The summed E-state index contributed by atoms with van der Waals surface area (Å²) in [7, 11) is 0. The molecule has 82 heavy (non-hydrogen) atoms. The number of rotatable bonds is 5. The predicted octanol–water partition coefficient (Wildman–Crippen LogP) is 17.4. The van der Waals surface area contributed by atoms with Crippen molar-refractivity contribution in [1.82, 2.24) is 4.57 Å². The van der Waals surface area contributed by atoms with Gasteiger partial charge >= 0.3 is 10.1 Å². The summed E-state index contributed by atoms with van der Waals surface area (Å²) in [5, 5.41) is 39.1. The number of thiazole rings is 2. The van der Waals surface area contributed by atoms with Crippen LogP contribution in [-0.4, -0.2) is 24.9 Å². The zero-order valence-electron chi connectivity index (χ0n) is 44.6. The van der Waals surface area contributed by atoms with Crippen LogP contribution < -0.4 is 9.97 Å². The molecule has 1 aliphatic carbocycles. The maximum absolute atomic E-state index is 10.3. The predicted molar refractivity (Wildman–Crippen MR) is 339 cm³/mol. The molecule has 1 aliphatic rings. The summed E-state index contributed by atoms with van der Waals surface area (Å²) in [5.41, 5.74) is 16.1. The SMILES string of the molecule is Cc1ccc(C2(c3ccc4c(c3)c3ccccc3n4-c3ccccc3)c3ccccc3-c3cc(C#N)ccc32)cc1.Oc1cc2ccccc2cc1-c1[nH+]c2ccccc2s1.Oc1cc2ccccc2cc1-c1[nH+]c2ccccc2s1.[Be+2]. The van der Waals surface area contributed by atoms with Gasteiger partial charge in [-0.3, -0.25) is 0 Å². The van der Waals surface area contributed by atoms with E-state index < -0.39 is 5.41 Å². The van der Waals surface area contributed by atoms with Gasteiger partial charge in [-0.2, -0.15) is 15.2 Å². The van der Waals surface area contributed by atoms with Crippen LogP contribution in [0.1, 0.15) is 33.4 Å². The Morgan fingerprint density at radius 1 is 0.427 bits per heavy atom. The monoisotopic (exact) mass is 1090 g/mol. The topological polar surface area (TPSA) is 97.5 Å². The van der Waals surface area contributed by atoms with Crippen LogP contribution in [0.5, 0.6) is 11.5 Å². The van der Waals surface area contributed by atoms with Gasteiger partial charge < -0.3 is 14.8 Å². The van der Waals surface area contributed by atoms with Crippen molar-refractivity contribution in [2.24, 2.45) is 0 Å². The number of phenolic OH excluding ortho intramolecular Hbond substituents is 2. The number of H-pyrrole nitrogens is 2. The van der Waals surface area contributed by atoms with Crippen LogP contribution in [0.2, 0.25) is 0 Å². The fourth-order valence-corrected chi connectivity index (χ4v) is 14.0. The van der Waals surface area contributed by atoms with Gasteiger partial charge in [-0.15, -0.1) is 0 Å². The van der Waals surface area contributed by atoms with Crippen molar-refractivity contribution in [3.63, 3.8) is 0 Å². The molecule has 12 aromatic carbocycles. The molecule has 6 nitrogen and oxygen atoms in total. The van der Waals surface area contributed by atoms with Gasteiger partial charge in [-0.05, 0) is 141 Å². The Hall–Kier alpha value is -10.0. The summed E-state index contributed by atoms with van der Waals surface area (Å²) in [6.45, 7) is 2.14. The van der Waals surface area contributed by atoms with Crippen molar-refractivity contribution in [3.8, 4) is 55.5 Å². The number of phenols is 2. The molecule has 384 valence electrons. The third-order valence-electron chi connectivity index (χ3n) is 15.7. The van der Waals surface area contributed by atoms with Crippen molar-refractivity contribution < 1.29 is 20.2 Å². The van der Waals surface area contributed by atoms with Crippen LogP contribution in [0.4, 0.5) is 0 Å². The first-order valence-corrected chi connectivity index (χ1v) is 28.5. The molecule has 1 unspecified atom stereocenters. The number of nitrogens with one attached hydrogen (secondary N) is 2. The molecule has 0 radical (unpaired) electrons. The van der Waals surface area contributed by atoms with Crippen molar-refractivity contribution >= 4 is 96.6 Å². The number of aromatic nitrogens is 3. The van der Waals surface area contributed by atoms with Gasteiger partial charge in [0.25, 0.3) is 10.0 Å². The number of hydrogen-bond donors (Lipinski definition) is 2. The van der Waals surface area contributed by atoms with Crippen LogP contribution in [0.15, 0.2) is 261 Å². The molecule has 3 aromatic heterocycles. The first kappa shape index (κ1) is 51.4. The Morgan fingerprint density at radius 3 is 1.54 bits per heavy atom. The minimum atomic E-state index is -0.516. The van der Waals surface area contributed by atoms with E-state index in [0.717, 1.165) is 65.0 Å². The molecule has 0 saturated carbocycles. The number of nitrogens with zero attached hydrogens (tertiary/aromatic N) is 2. The molecule has 9 heteroatoms. The number of aryl methyl sites for hydroxylation is 1. The van der Waals surface area contributed by atoms with Crippen LogP contribution in [-0.2, 0) is 5.41 Å². The van der Waals surface area contributed by atoms with Crippen molar-refractivity contribution in [2.75, 3.05) is 0 Å². The number of hydrogen-bond acceptors (Lipinski definition) is 5. The third-order valence-corrected chi connectivity index (χ3v) is 17.9. The van der Waals surface area contributed by atoms with E-state index in [1.54, 1.807) is 22.7 Å². The molecule has 0 fully saturated rings. The summed E-state index contributed by atoms with van der Waals surface area (Å²) in [4.78, 5) is 6.75. The largest absolute Gasteiger partial charge is 2.00 e. The maximum Gasteiger partial charge on any atom is 2.00 e. The van der Waals surface area contributed by atoms with Crippen LogP contribution in [0, 0.1) is 18.3 Å². The Morgan fingerprint density at radius 2 is 0.927 bits per heavy atom.